The standard InChI is InChI=1S/C27H28N2O3/c1-20-9-11-23(12-10-20)26(30)28-13-15-29(16-14-28)27(31)24-7-4-8-25(18-24)32-19-22-6-3-5-21(2)17-22/h3-12,17-18H,13-16,19H2,1-2H3. The molecule has 32 heavy (non-hydrogen) atoms. The normalized spacial score (nSPS) is 13.7. The second-order valence-electron chi connectivity index (χ2n) is 8.26. The van der Waals surface area contributed by atoms with Gasteiger partial charge in [-0.15, -0.1) is 0 Å². The molecule has 0 spiro atoms. The van der Waals surface area contributed by atoms with Gasteiger partial charge in [-0.25, -0.2) is 0 Å². The number of nitrogens with zero attached hydrogens (tertiary/aromatic N) is 2. The fourth-order valence-electron chi connectivity index (χ4n) is 3.86. The lowest BCUT2D eigenvalue weighted by Gasteiger charge is -2.35. The Labute approximate surface area is 189 Å². The first-order valence-corrected chi connectivity index (χ1v) is 10.9. The molecule has 0 aliphatic carbocycles. The van der Waals surface area contributed by atoms with Crippen LogP contribution in [0.1, 0.15) is 37.4 Å². The molecule has 0 N–H and O–H groups in total. The van der Waals surface area contributed by atoms with Crippen LogP contribution >= 0.6 is 0 Å². The minimum Gasteiger partial charge on any atom is -0.489 e. The molecule has 5 heteroatoms. The van der Waals surface area contributed by atoms with E-state index in [-0.39, 0.29) is 11.8 Å². The Morgan fingerprint density at radius 3 is 2.00 bits per heavy atom. The maximum atomic E-state index is 13.0. The van der Waals surface area contributed by atoms with Gasteiger partial charge in [0.15, 0.2) is 0 Å². The molecule has 0 bridgehead atoms. The fourth-order valence-corrected chi connectivity index (χ4v) is 3.86. The number of benzene rings is 3. The van der Waals surface area contributed by atoms with Gasteiger partial charge >= 0.3 is 0 Å². The summed E-state index contributed by atoms with van der Waals surface area (Å²) in [6.07, 6.45) is 0. The third-order valence-corrected chi connectivity index (χ3v) is 5.72. The molecule has 1 heterocycles. The molecule has 0 unspecified atom stereocenters. The molecule has 3 aromatic carbocycles. The van der Waals surface area contributed by atoms with Gasteiger partial charge in [0.25, 0.3) is 11.8 Å². The number of rotatable bonds is 5. The molecule has 4 rings (SSSR count). The number of hydrogen-bond donors (Lipinski definition) is 0. The van der Waals surface area contributed by atoms with Crippen molar-refractivity contribution in [1.82, 2.24) is 9.80 Å². The second kappa shape index (κ2) is 9.69. The Morgan fingerprint density at radius 2 is 1.34 bits per heavy atom. The van der Waals surface area contributed by atoms with Gasteiger partial charge in [-0.2, -0.15) is 0 Å². The van der Waals surface area contributed by atoms with Crippen molar-refractivity contribution in [2.75, 3.05) is 26.2 Å². The molecule has 2 amide bonds. The Morgan fingerprint density at radius 1 is 0.719 bits per heavy atom. The zero-order valence-electron chi connectivity index (χ0n) is 18.6. The lowest BCUT2D eigenvalue weighted by atomic mass is 10.1. The summed E-state index contributed by atoms with van der Waals surface area (Å²) in [4.78, 5) is 29.4. The van der Waals surface area contributed by atoms with Gasteiger partial charge in [0.05, 0.1) is 0 Å². The molecule has 164 valence electrons. The first kappa shape index (κ1) is 21.6. The SMILES string of the molecule is Cc1ccc(C(=O)N2CCN(C(=O)c3cccc(OCc4cccc(C)c4)c3)CC2)cc1. The summed E-state index contributed by atoms with van der Waals surface area (Å²) >= 11 is 0. The number of ether oxygens (including phenoxy) is 1. The van der Waals surface area contributed by atoms with Crippen molar-refractivity contribution < 1.29 is 14.3 Å². The summed E-state index contributed by atoms with van der Waals surface area (Å²) < 4.78 is 5.91. The Bertz CT molecular complexity index is 1100. The minimum atomic E-state index is -0.0339. The van der Waals surface area contributed by atoms with E-state index in [2.05, 4.69) is 19.1 Å². The van der Waals surface area contributed by atoms with Gasteiger partial charge in [0.2, 0.25) is 0 Å². The van der Waals surface area contributed by atoms with Gasteiger partial charge in [-0.1, -0.05) is 53.6 Å². The second-order valence-corrected chi connectivity index (χ2v) is 8.26. The maximum absolute atomic E-state index is 13.0. The summed E-state index contributed by atoms with van der Waals surface area (Å²) in [5.74, 6) is 0.655. The van der Waals surface area contributed by atoms with Crippen LogP contribution in [0.15, 0.2) is 72.8 Å². The van der Waals surface area contributed by atoms with E-state index in [1.807, 2.05) is 66.4 Å². The van der Waals surface area contributed by atoms with Gasteiger partial charge in [-0.05, 0) is 49.7 Å². The van der Waals surface area contributed by atoms with Crippen LogP contribution in [0.2, 0.25) is 0 Å². The molecule has 1 saturated heterocycles. The van der Waals surface area contributed by atoms with Crippen molar-refractivity contribution in [3.63, 3.8) is 0 Å². The van der Waals surface area contributed by atoms with Crippen LogP contribution in [0, 0.1) is 13.8 Å². The van der Waals surface area contributed by atoms with E-state index in [4.69, 9.17) is 4.74 Å². The predicted molar refractivity (Wildman–Crippen MR) is 125 cm³/mol. The zero-order chi connectivity index (χ0) is 22.5. The molecular formula is C27H28N2O3. The van der Waals surface area contributed by atoms with Gasteiger partial charge in [0.1, 0.15) is 12.4 Å². The third kappa shape index (κ3) is 5.17. The van der Waals surface area contributed by atoms with E-state index in [1.54, 1.807) is 11.0 Å². The summed E-state index contributed by atoms with van der Waals surface area (Å²) in [6.45, 7) is 6.61. The van der Waals surface area contributed by atoms with Crippen LogP contribution in [0.5, 0.6) is 5.75 Å². The average Bonchev–Trinajstić information content (AvgIpc) is 2.83. The van der Waals surface area contributed by atoms with Crippen molar-refractivity contribution in [1.29, 1.82) is 0 Å². The highest BCUT2D eigenvalue weighted by Crippen LogP contribution is 2.18. The van der Waals surface area contributed by atoms with E-state index in [0.717, 1.165) is 11.1 Å². The van der Waals surface area contributed by atoms with E-state index in [0.29, 0.717) is 49.7 Å². The number of aryl methyl sites for hydroxylation is 2. The maximum Gasteiger partial charge on any atom is 0.254 e. The molecule has 1 aliphatic heterocycles. The largest absolute Gasteiger partial charge is 0.489 e. The number of carbonyl (C=O) groups excluding carboxylic acids is 2. The van der Waals surface area contributed by atoms with E-state index < -0.39 is 0 Å². The molecule has 0 atom stereocenters. The molecule has 5 nitrogen and oxygen atoms in total. The average molecular weight is 429 g/mol. The van der Waals surface area contributed by atoms with Crippen LogP contribution in [-0.2, 0) is 6.61 Å². The fraction of sp³-hybridized carbons (Fsp3) is 0.259. The zero-order valence-corrected chi connectivity index (χ0v) is 18.6. The molecule has 3 aromatic rings. The highest BCUT2D eigenvalue weighted by atomic mass is 16.5. The Kier molecular flexibility index (Phi) is 6.55. The first-order valence-electron chi connectivity index (χ1n) is 10.9. The minimum absolute atomic E-state index is 0.0173. The topological polar surface area (TPSA) is 49.9 Å². The Balaban J connectivity index is 1.34. The quantitative estimate of drug-likeness (QED) is 0.602. The molecule has 1 aliphatic rings. The van der Waals surface area contributed by atoms with Gasteiger partial charge in [0, 0.05) is 37.3 Å². The van der Waals surface area contributed by atoms with E-state index >= 15 is 0 Å². The van der Waals surface area contributed by atoms with Crippen LogP contribution in [0.25, 0.3) is 0 Å². The third-order valence-electron chi connectivity index (χ3n) is 5.72. The van der Waals surface area contributed by atoms with Crippen molar-refractivity contribution in [2.24, 2.45) is 0 Å². The molecule has 0 radical (unpaired) electrons. The predicted octanol–water partition coefficient (Wildman–Crippen LogP) is 4.48. The molecule has 0 saturated carbocycles. The lowest BCUT2D eigenvalue weighted by Crippen LogP contribution is -2.50. The van der Waals surface area contributed by atoms with Crippen molar-refractivity contribution in [2.45, 2.75) is 20.5 Å². The van der Waals surface area contributed by atoms with E-state index in [9.17, 15) is 9.59 Å². The molecule has 1 fully saturated rings. The van der Waals surface area contributed by atoms with Crippen molar-refractivity contribution in [3.8, 4) is 5.75 Å². The monoisotopic (exact) mass is 428 g/mol. The summed E-state index contributed by atoms with van der Waals surface area (Å²) in [6, 6.07) is 23.1. The highest BCUT2D eigenvalue weighted by molar-refractivity contribution is 5.96. The van der Waals surface area contributed by atoms with Crippen LogP contribution in [0.4, 0.5) is 0 Å². The first-order chi connectivity index (χ1) is 15.5. The summed E-state index contributed by atoms with van der Waals surface area (Å²) in [5.41, 5.74) is 4.70. The summed E-state index contributed by atoms with van der Waals surface area (Å²) in [5, 5.41) is 0. The molecule has 0 aromatic heterocycles. The lowest BCUT2D eigenvalue weighted by molar-refractivity contribution is 0.0535. The van der Waals surface area contributed by atoms with Crippen molar-refractivity contribution >= 4 is 11.8 Å². The van der Waals surface area contributed by atoms with E-state index in [1.165, 1.54) is 5.56 Å². The summed E-state index contributed by atoms with van der Waals surface area (Å²) in [7, 11) is 0. The smallest absolute Gasteiger partial charge is 0.254 e. The molecular weight excluding hydrogens is 400 g/mol. The van der Waals surface area contributed by atoms with Crippen LogP contribution < -0.4 is 4.74 Å². The highest BCUT2D eigenvalue weighted by Gasteiger charge is 2.25. The van der Waals surface area contributed by atoms with Crippen LogP contribution in [-0.4, -0.2) is 47.8 Å². The number of hydrogen-bond acceptors (Lipinski definition) is 3. The Hall–Kier alpha value is -3.60. The number of amides is 2. The van der Waals surface area contributed by atoms with Crippen LogP contribution in [0.3, 0.4) is 0 Å². The van der Waals surface area contributed by atoms with Gasteiger partial charge < -0.3 is 14.5 Å². The number of piperazine rings is 1. The van der Waals surface area contributed by atoms with Gasteiger partial charge in [-0.3, -0.25) is 9.59 Å². The van der Waals surface area contributed by atoms with Crippen molar-refractivity contribution in [3.05, 3.63) is 101 Å². The number of carbonyl (C=O) groups is 2.